The summed E-state index contributed by atoms with van der Waals surface area (Å²) in [5, 5.41) is 0.792. The van der Waals surface area contributed by atoms with Crippen LogP contribution in [0.25, 0.3) is 0 Å². The van der Waals surface area contributed by atoms with Crippen LogP contribution in [-0.2, 0) is 0 Å². The van der Waals surface area contributed by atoms with E-state index in [1.807, 2.05) is 24.3 Å². The van der Waals surface area contributed by atoms with Gasteiger partial charge in [-0.25, -0.2) is 0 Å². The van der Waals surface area contributed by atoms with E-state index in [4.69, 9.17) is 17.3 Å². The Morgan fingerprint density at radius 3 is 2.20 bits per heavy atom. The van der Waals surface area contributed by atoms with Crippen LogP contribution >= 0.6 is 23.4 Å². The molecule has 0 saturated carbocycles. The molecule has 0 spiro atoms. The summed E-state index contributed by atoms with van der Waals surface area (Å²) in [6.07, 6.45) is 0. The van der Waals surface area contributed by atoms with Crippen LogP contribution in [0.4, 0.5) is 0 Å². The van der Waals surface area contributed by atoms with Crippen molar-refractivity contribution in [1.82, 2.24) is 0 Å². The molecule has 0 aliphatic carbocycles. The van der Waals surface area contributed by atoms with Gasteiger partial charge in [0.1, 0.15) is 0 Å². The molecule has 0 heterocycles. The van der Waals surface area contributed by atoms with E-state index in [0.717, 1.165) is 15.7 Å². The Labute approximate surface area is 130 Å². The summed E-state index contributed by atoms with van der Waals surface area (Å²) >= 11 is 7.85. The molecular formula is C17H20ClNS. The molecule has 0 bridgehead atoms. The molecule has 2 aromatic rings. The van der Waals surface area contributed by atoms with E-state index in [1.54, 1.807) is 11.8 Å². The Balaban J connectivity index is 1.98. The first kappa shape index (κ1) is 15.4. The number of hydrogen-bond donors (Lipinski definition) is 1. The molecule has 106 valence electrons. The normalized spacial score (nSPS) is 12.7. The van der Waals surface area contributed by atoms with E-state index in [9.17, 15) is 0 Å². The van der Waals surface area contributed by atoms with Gasteiger partial charge in [-0.05, 0) is 29.2 Å². The number of thioether (sulfide) groups is 1. The number of nitrogens with two attached hydrogens (primary N) is 1. The second kappa shape index (κ2) is 7.16. The lowest BCUT2D eigenvalue weighted by Crippen LogP contribution is -2.13. The monoisotopic (exact) mass is 305 g/mol. The van der Waals surface area contributed by atoms with Crippen LogP contribution < -0.4 is 5.73 Å². The summed E-state index contributed by atoms with van der Waals surface area (Å²) in [4.78, 5) is 1.09. The Hall–Kier alpha value is -0.960. The molecule has 2 rings (SSSR count). The molecule has 2 N–H and O–H groups in total. The fourth-order valence-electron chi connectivity index (χ4n) is 1.97. The first-order valence-corrected chi connectivity index (χ1v) is 8.17. The average molecular weight is 306 g/mol. The standard InChI is InChI=1S/C17H20ClNS/c1-12(2)13-7-9-14(10-8-13)16(19)11-20-17-6-4-3-5-15(17)18/h3-10,12,16H,11,19H2,1-2H3. The largest absolute Gasteiger partial charge is 0.323 e. The van der Waals surface area contributed by atoms with Crippen molar-refractivity contribution in [1.29, 1.82) is 0 Å². The van der Waals surface area contributed by atoms with Crippen LogP contribution in [0.3, 0.4) is 0 Å². The van der Waals surface area contributed by atoms with E-state index in [1.165, 1.54) is 11.1 Å². The fourth-order valence-corrected chi connectivity index (χ4v) is 3.20. The molecule has 0 radical (unpaired) electrons. The highest BCUT2D eigenvalue weighted by atomic mass is 35.5. The molecular weight excluding hydrogens is 286 g/mol. The van der Waals surface area contributed by atoms with Crippen LogP contribution in [0.15, 0.2) is 53.4 Å². The van der Waals surface area contributed by atoms with Gasteiger partial charge in [-0.2, -0.15) is 0 Å². The van der Waals surface area contributed by atoms with Crippen LogP contribution in [0.2, 0.25) is 5.02 Å². The zero-order valence-corrected chi connectivity index (χ0v) is 13.4. The van der Waals surface area contributed by atoms with Crippen molar-refractivity contribution in [3.05, 3.63) is 64.7 Å². The molecule has 0 amide bonds. The third-order valence-electron chi connectivity index (χ3n) is 3.29. The summed E-state index contributed by atoms with van der Waals surface area (Å²) in [6.45, 7) is 4.39. The van der Waals surface area contributed by atoms with E-state index in [0.29, 0.717) is 5.92 Å². The maximum absolute atomic E-state index is 6.26. The van der Waals surface area contributed by atoms with Crippen molar-refractivity contribution >= 4 is 23.4 Å². The van der Waals surface area contributed by atoms with Gasteiger partial charge in [-0.1, -0.05) is 61.8 Å². The van der Waals surface area contributed by atoms with Gasteiger partial charge in [-0.3, -0.25) is 0 Å². The highest BCUT2D eigenvalue weighted by Gasteiger charge is 2.09. The smallest absolute Gasteiger partial charge is 0.0541 e. The molecule has 0 saturated heterocycles. The lowest BCUT2D eigenvalue weighted by atomic mass is 10.00. The Kier molecular flexibility index (Phi) is 5.53. The van der Waals surface area contributed by atoms with E-state index < -0.39 is 0 Å². The summed E-state index contributed by atoms with van der Waals surface area (Å²) in [5.41, 5.74) is 8.78. The summed E-state index contributed by atoms with van der Waals surface area (Å²) in [7, 11) is 0. The highest BCUT2D eigenvalue weighted by Crippen LogP contribution is 2.29. The molecule has 0 aromatic heterocycles. The maximum atomic E-state index is 6.26. The predicted molar refractivity (Wildman–Crippen MR) is 89.6 cm³/mol. The van der Waals surface area contributed by atoms with Crippen molar-refractivity contribution < 1.29 is 0 Å². The lowest BCUT2D eigenvalue weighted by molar-refractivity contribution is 0.822. The molecule has 20 heavy (non-hydrogen) atoms. The quantitative estimate of drug-likeness (QED) is 0.763. The Morgan fingerprint density at radius 2 is 1.60 bits per heavy atom. The lowest BCUT2D eigenvalue weighted by Gasteiger charge is -2.14. The topological polar surface area (TPSA) is 26.0 Å². The SMILES string of the molecule is CC(C)c1ccc(C(N)CSc2ccccc2Cl)cc1. The van der Waals surface area contributed by atoms with Gasteiger partial charge in [0.2, 0.25) is 0 Å². The van der Waals surface area contributed by atoms with E-state index >= 15 is 0 Å². The molecule has 3 heteroatoms. The van der Waals surface area contributed by atoms with Crippen molar-refractivity contribution in [2.45, 2.75) is 30.7 Å². The van der Waals surface area contributed by atoms with Crippen molar-refractivity contribution in [2.24, 2.45) is 5.73 Å². The first-order valence-electron chi connectivity index (χ1n) is 6.80. The minimum Gasteiger partial charge on any atom is -0.323 e. The van der Waals surface area contributed by atoms with E-state index in [2.05, 4.69) is 38.1 Å². The highest BCUT2D eigenvalue weighted by molar-refractivity contribution is 7.99. The number of hydrogen-bond acceptors (Lipinski definition) is 2. The third kappa shape index (κ3) is 4.02. The second-order valence-electron chi connectivity index (χ2n) is 5.17. The van der Waals surface area contributed by atoms with E-state index in [-0.39, 0.29) is 6.04 Å². The average Bonchev–Trinajstić information content (AvgIpc) is 2.46. The first-order chi connectivity index (χ1) is 9.58. The van der Waals surface area contributed by atoms with Gasteiger partial charge in [0.05, 0.1) is 5.02 Å². The van der Waals surface area contributed by atoms with Crippen LogP contribution in [0.1, 0.15) is 36.9 Å². The molecule has 0 aliphatic heterocycles. The molecule has 2 aromatic carbocycles. The molecule has 1 nitrogen and oxygen atoms in total. The molecule has 0 fully saturated rings. The van der Waals surface area contributed by atoms with Gasteiger partial charge < -0.3 is 5.73 Å². The van der Waals surface area contributed by atoms with Crippen LogP contribution in [0.5, 0.6) is 0 Å². The Bertz CT molecular complexity index is 551. The maximum Gasteiger partial charge on any atom is 0.0541 e. The van der Waals surface area contributed by atoms with Gasteiger partial charge >= 0.3 is 0 Å². The van der Waals surface area contributed by atoms with Gasteiger partial charge in [0, 0.05) is 16.7 Å². The zero-order valence-electron chi connectivity index (χ0n) is 11.8. The van der Waals surface area contributed by atoms with Crippen molar-refractivity contribution in [3.63, 3.8) is 0 Å². The number of rotatable bonds is 5. The second-order valence-corrected chi connectivity index (χ2v) is 6.64. The Morgan fingerprint density at radius 1 is 1.00 bits per heavy atom. The molecule has 1 atom stereocenters. The van der Waals surface area contributed by atoms with Gasteiger partial charge in [0.25, 0.3) is 0 Å². The van der Waals surface area contributed by atoms with Crippen molar-refractivity contribution in [2.75, 3.05) is 5.75 Å². The predicted octanol–water partition coefficient (Wildman–Crippen LogP) is 5.26. The third-order valence-corrected chi connectivity index (χ3v) is 4.92. The minimum atomic E-state index is 0.0254. The number of benzene rings is 2. The summed E-state index contributed by atoms with van der Waals surface area (Å²) < 4.78 is 0. The summed E-state index contributed by atoms with van der Waals surface area (Å²) in [6, 6.07) is 16.5. The minimum absolute atomic E-state index is 0.0254. The van der Waals surface area contributed by atoms with Crippen LogP contribution in [0, 0.1) is 0 Å². The van der Waals surface area contributed by atoms with Gasteiger partial charge in [0.15, 0.2) is 0 Å². The number of halogens is 1. The van der Waals surface area contributed by atoms with Crippen LogP contribution in [-0.4, -0.2) is 5.75 Å². The van der Waals surface area contributed by atoms with Crippen molar-refractivity contribution in [3.8, 4) is 0 Å². The molecule has 1 unspecified atom stereocenters. The van der Waals surface area contributed by atoms with Gasteiger partial charge in [-0.15, -0.1) is 11.8 Å². The molecule has 0 aliphatic rings. The fraction of sp³-hybridized carbons (Fsp3) is 0.294. The zero-order chi connectivity index (χ0) is 14.5. The summed E-state index contributed by atoms with van der Waals surface area (Å²) in [5.74, 6) is 1.38.